The summed E-state index contributed by atoms with van der Waals surface area (Å²) in [5, 5.41) is 4.79. The predicted molar refractivity (Wildman–Crippen MR) is 70.7 cm³/mol. The van der Waals surface area contributed by atoms with Crippen LogP contribution in [0.2, 0.25) is 5.02 Å². The molecule has 1 aromatic rings. The van der Waals surface area contributed by atoms with Gasteiger partial charge in [0.05, 0.1) is 0 Å². The van der Waals surface area contributed by atoms with Gasteiger partial charge in [-0.25, -0.2) is 4.39 Å². The van der Waals surface area contributed by atoms with Gasteiger partial charge in [-0.2, -0.15) is 0 Å². The van der Waals surface area contributed by atoms with E-state index in [0.29, 0.717) is 29.1 Å². The highest BCUT2D eigenvalue weighted by molar-refractivity contribution is 9.09. The van der Waals surface area contributed by atoms with Gasteiger partial charge in [-0.1, -0.05) is 34.5 Å². The first-order valence-electron chi connectivity index (χ1n) is 5.28. The third-order valence-corrected chi connectivity index (χ3v) is 3.98. The van der Waals surface area contributed by atoms with E-state index in [0.717, 1.165) is 5.33 Å². The third-order valence-electron chi connectivity index (χ3n) is 2.72. The first-order valence-corrected chi connectivity index (χ1v) is 6.77. The maximum absolute atomic E-state index is 13.4. The third kappa shape index (κ3) is 4.04. The van der Waals surface area contributed by atoms with Crippen molar-refractivity contribution in [2.75, 3.05) is 5.33 Å². The molecule has 4 heteroatoms. The summed E-state index contributed by atoms with van der Waals surface area (Å²) in [6.45, 7) is 4.74. The van der Waals surface area contributed by atoms with Crippen LogP contribution in [0, 0.1) is 11.7 Å². The highest BCUT2D eigenvalue weighted by Crippen LogP contribution is 2.15. The van der Waals surface area contributed by atoms with Crippen LogP contribution in [-0.2, 0) is 6.54 Å². The second-order valence-corrected chi connectivity index (χ2v) is 5.12. The molecule has 2 unspecified atom stereocenters. The second kappa shape index (κ2) is 6.58. The van der Waals surface area contributed by atoms with Crippen LogP contribution in [0.1, 0.15) is 19.4 Å². The van der Waals surface area contributed by atoms with Crippen molar-refractivity contribution in [1.29, 1.82) is 0 Å². The molecular formula is C12H16BrClFN. The van der Waals surface area contributed by atoms with Gasteiger partial charge >= 0.3 is 0 Å². The number of hydrogen-bond acceptors (Lipinski definition) is 1. The fourth-order valence-electron chi connectivity index (χ4n) is 1.28. The van der Waals surface area contributed by atoms with E-state index in [4.69, 9.17) is 11.6 Å². The average Bonchev–Trinajstić information content (AvgIpc) is 2.28. The van der Waals surface area contributed by atoms with Gasteiger partial charge in [0.15, 0.2) is 0 Å². The summed E-state index contributed by atoms with van der Waals surface area (Å²) in [6, 6.07) is 4.95. The van der Waals surface area contributed by atoms with E-state index < -0.39 is 0 Å². The number of nitrogens with one attached hydrogen (secondary N) is 1. The maximum Gasteiger partial charge on any atom is 0.127 e. The zero-order chi connectivity index (χ0) is 12.1. The van der Waals surface area contributed by atoms with Crippen molar-refractivity contribution in [1.82, 2.24) is 5.32 Å². The van der Waals surface area contributed by atoms with E-state index in [9.17, 15) is 4.39 Å². The Hall–Kier alpha value is -0.120. The SMILES string of the molecule is CC(CBr)C(C)NCc1cc(Cl)ccc1F. The van der Waals surface area contributed by atoms with E-state index in [1.807, 2.05) is 0 Å². The monoisotopic (exact) mass is 307 g/mol. The molecule has 0 aliphatic rings. The highest BCUT2D eigenvalue weighted by Gasteiger charge is 2.11. The smallest absolute Gasteiger partial charge is 0.127 e. The molecule has 1 rings (SSSR count). The van der Waals surface area contributed by atoms with Gasteiger partial charge < -0.3 is 5.32 Å². The lowest BCUT2D eigenvalue weighted by Crippen LogP contribution is -2.32. The number of hydrogen-bond donors (Lipinski definition) is 1. The predicted octanol–water partition coefficient (Wildman–Crippen LogP) is 3.99. The van der Waals surface area contributed by atoms with Crippen LogP contribution in [0.4, 0.5) is 4.39 Å². The molecular weight excluding hydrogens is 292 g/mol. The minimum absolute atomic E-state index is 0.212. The average molecular weight is 309 g/mol. The first kappa shape index (κ1) is 13.9. The molecule has 0 aliphatic carbocycles. The Balaban J connectivity index is 2.57. The standard InChI is InChI=1S/C12H16BrClFN/c1-8(6-13)9(2)16-7-10-5-11(14)3-4-12(10)15/h3-5,8-9,16H,6-7H2,1-2H3. The minimum atomic E-state index is -0.212. The summed E-state index contributed by atoms with van der Waals surface area (Å²) in [4.78, 5) is 0. The van der Waals surface area contributed by atoms with Crippen molar-refractivity contribution in [2.24, 2.45) is 5.92 Å². The van der Waals surface area contributed by atoms with Crippen LogP contribution in [0.3, 0.4) is 0 Å². The van der Waals surface area contributed by atoms with Gasteiger partial charge in [0.2, 0.25) is 0 Å². The summed E-state index contributed by atoms with van der Waals surface area (Å²) < 4.78 is 13.4. The Morgan fingerprint density at radius 3 is 2.75 bits per heavy atom. The highest BCUT2D eigenvalue weighted by atomic mass is 79.9. The molecule has 0 spiro atoms. The van der Waals surface area contributed by atoms with E-state index in [-0.39, 0.29) is 5.82 Å². The van der Waals surface area contributed by atoms with Crippen LogP contribution in [0.15, 0.2) is 18.2 Å². The summed E-state index contributed by atoms with van der Waals surface area (Å²) in [5.74, 6) is 0.290. The van der Waals surface area contributed by atoms with E-state index in [1.54, 1.807) is 12.1 Å². The van der Waals surface area contributed by atoms with Gasteiger partial charge in [-0.05, 0) is 31.0 Å². The normalized spacial score (nSPS) is 14.8. The van der Waals surface area contributed by atoms with E-state index in [1.165, 1.54) is 6.07 Å². The Morgan fingerprint density at radius 2 is 2.12 bits per heavy atom. The summed E-state index contributed by atoms with van der Waals surface area (Å²) in [6.07, 6.45) is 0. The maximum atomic E-state index is 13.4. The van der Waals surface area contributed by atoms with E-state index >= 15 is 0 Å². The van der Waals surface area contributed by atoms with Gasteiger partial charge in [0.1, 0.15) is 5.82 Å². The van der Waals surface area contributed by atoms with Crippen LogP contribution in [-0.4, -0.2) is 11.4 Å². The van der Waals surface area contributed by atoms with Crippen LogP contribution < -0.4 is 5.32 Å². The zero-order valence-electron chi connectivity index (χ0n) is 9.43. The molecule has 0 aromatic heterocycles. The Labute approximate surface area is 110 Å². The van der Waals surface area contributed by atoms with Crippen LogP contribution in [0.25, 0.3) is 0 Å². The first-order chi connectivity index (χ1) is 7.54. The molecule has 2 atom stereocenters. The number of alkyl halides is 1. The molecule has 1 N–H and O–H groups in total. The van der Waals surface area contributed by atoms with Gasteiger partial charge in [-0.15, -0.1) is 0 Å². The molecule has 0 fully saturated rings. The molecule has 1 nitrogen and oxygen atoms in total. The lowest BCUT2D eigenvalue weighted by molar-refractivity contribution is 0.428. The summed E-state index contributed by atoms with van der Waals surface area (Å²) >= 11 is 9.25. The van der Waals surface area contributed by atoms with Crippen LogP contribution in [0.5, 0.6) is 0 Å². The minimum Gasteiger partial charge on any atom is -0.310 e. The molecule has 1 aromatic carbocycles. The lowest BCUT2D eigenvalue weighted by atomic mass is 10.1. The van der Waals surface area contributed by atoms with Gasteiger partial charge in [0.25, 0.3) is 0 Å². The summed E-state index contributed by atoms with van der Waals surface area (Å²) in [5.41, 5.74) is 0.612. The molecule has 90 valence electrons. The molecule has 0 saturated heterocycles. The lowest BCUT2D eigenvalue weighted by Gasteiger charge is -2.19. The molecule has 0 bridgehead atoms. The Bertz CT molecular complexity index is 346. The number of benzene rings is 1. The van der Waals surface area contributed by atoms with Gasteiger partial charge in [-0.3, -0.25) is 0 Å². The Morgan fingerprint density at radius 1 is 1.44 bits per heavy atom. The molecule has 0 radical (unpaired) electrons. The fourth-order valence-corrected chi connectivity index (χ4v) is 2.04. The molecule has 0 aliphatic heterocycles. The molecule has 0 saturated carbocycles. The van der Waals surface area contributed by atoms with Crippen molar-refractivity contribution in [2.45, 2.75) is 26.4 Å². The molecule has 0 amide bonds. The largest absolute Gasteiger partial charge is 0.310 e. The quantitative estimate of drug-likeness (QED) is 0.811. The number of halogens is 3. The summed E-state index contributed by atoms with van der Waals surface area (Å²) in [7, 11) is 0. The Kier molecular flexibility index (Phi) is 5.73. The molecule has 0 heterocycles. The second-order valence-electron chi connectivity index (χ2n) is 4.04. The zero-order valence-corrected chi connectivity index (χ0v) is 11.8. The van der Waals surface area contributed by atoms with Crippen molar-refractivity contribution in [3.05, 3.63) is 34.6 Å². The van der Waals surface area contributed by atoms with Crippen molar-refractivity contribution >= 4 is 27.5 Å². The van der Waals surface area contributed by atoms with Crippen molar-refractivity contribution in [3.8, 4) is 0 Å². The van der Waals surface area contributed by atoms with E-state index in [2.05, 4.69) is 35.1 Å². The molecule has 16 heavy (non-hydrogen) atoms. The van der Waals surface area contributed by atoms with Gasteiger partial charge in [0, 0.05) is 28.5 Å². The number of rotatable bonds is 5. The van der Waals surface area contributed by atoms with Crippen molar-refractivity contribution in [3.63, 3.8) is 0 Å². The van der Waals surface area contributed by atoms with Crippen LogP contribution >= 0.6 is 27.5 Å². The fraction of sp³-hybridized carbons (Fsp3) is 0.500. The topological polar surface area (TPSA) is 12.0 Å². The van der Waals surface area contributed by atoms with Crippen molar-refractivity contribution < 1.29 is 4.39 Å².